The summed E-state index contributed by atoms with van der Waals surface area (Å²) in [6.07, 6.45) is 4.11. The zero-order chi connectivity index (χ0) is 13.9. The van der Waals surface area contributed by atoms with Crippen molar-refractivity contribution in [3.63, 3.8) is 0 Å². The van der Waals surface area contributed by atoms with E-state index in [0.717, 1.165) is 13.0 Å². The van der Waals surface area contributed by atoms with Gasteiger partial charge < -0.3 is 10.1 Å². The molecule has 1 aliphatic rings. The maximum absolute atomic E-state index is 6.25. The minimum atomic E-state index is 0.155. The SMILES string of the molecule is CC(CNC(C)(C)C)OC1CCCc2ccccc21. The molecule has 0 saturated heterocycles. The van der Waals surface area contributed by atoms with Crippen LogP contribution >= 0.6 is 0 Å². The fourth-order valence-corrected chi connectivity index (χ4v) is 2.63. The van der Waals surface area contributed by atoms with Crippen LogP contribution in [0.3, 0.4) is 0 Å². The van der Waals surface area contributed by atoms with Crippen molar-refractivity contribution in [1.82, 2.24) is 5.32 Å². The minimum Gasteiger partial charge on any atom is -0.369 e. The van der Waals surface area contributed by atoms with Gasteiger partial charge in [-0.15, -0.1) is 0 Å². The van der Waals surface area contributed by atoms with E-state index in [1.165, 1.54) is 24.0 Å². The van der Waals surface area contributed by atoms with Crippen LogP contribution < -0.4 is 5.32 Å². The van der Waals surface area contributed by atoms with Gasteiger partial charge in [-0.3, -0.25) is 0 Å². The van der Waals surface area contributed by atoms with Gasteiger partial charge in [0.1, 0.15) is 0 Å². The Morgan fingerprint density at radius 2 is 2.05 bits per heavy atom. The van der Waals surface area contributed by atoms with Crippen LogP contribution in [0.5, 0.6) is 0 Å². The van der Waals surface area contributed by atoms with E-state index in [-0.39, 0.29) is 17.7 Å². The van der Waals surface area contributed by atoms with Crippen molar-refractivity contribution in [3.05, 3.63) is 35.4 Å². The summed E-state index contributed by atoms with van der Waals surface area (Å²) in [5.41, 5.74) is 3.02. The van der Waals surface area contributed by atoms with E-state index < -0.39 is 0 Å². The van der Waals surface area contributed by atoms with Gasteiger partial charge in [-0.05, 0) is 58.1 Å². The first kappa shape index (κ1) is 14.5. The van der Waals surface area contributed by atoms with E-state index in [1.807, 2.05) is 0 Å². The molecular formula is C17H27NO. The highest BCUT2D eigenvalue weighted by atomic mass is 16.5. The molecule has 0 spiro atoms. The molecule has 0 saturated carbocycles. The molecule has 0 radical (unpaired) electrons. The van der Waals surface area contributed by atoms with Crippen molar-refractivity contribution in [2.45, 2.75) is 64.7 Å². The molecule has 0 amide bonds. The van der Waals surface area contributed by atoms with Crippen LogP contribution in [-0.2, 0) is 11.2 Å². The molecule has 106 valence electrons. The van der Waals surface area contributed by atoms with Gasteiger partial charge in [-0.1, -0.05) is 24.3 Å². The fraction of sp³-hybridized carbons (Fsp3) is 0.647. The third-order valence-electron chi connectivity index (χ3n) is 3.63. The number of benzene rings is 1. The van der Waals surface area contributed by atoms with Crippen molar-refractivity contribution in [3.8, 4) is 0 Å². The number of hydrogen-bond donors (Lipinski definition) is 1. The minimum absolute atomic E-state index is 0.155. The van der Waals surface area contributed by atoms with Crippen LogP contribution in [0.2, 0.25) is 0 Å². The van der Waals surface area contributed by atoms with Gasteiger partial charge in [0, 0.05) is 12.1 Å². The summed E-state index contributed by atoms with van der Waals surface area (Å²) in [6, 6.07) is 8.72. The quantitative estimate of drug-likeness (QED) is 0.888. The average Bonchev–Trinajstić information content (AvgIpc) is 2.36. The summed E-state index contributed by atoms with van der Waals surface area (Å²) >= 11 is 0. The van der Waals surface area contributed by atoms with Crippen LogP contribution in [0.15, 0.2) is 24.3 Å². The zero-order valence-corrected chi connectivity index (χ0v) is 12.7. The molecule has 2 heteroatoms. The molecule has 1 N–H and O–H groups in total. The molecule has 1 aliphatic carbocycles. The van der Waals surface area contributed by atoms with Crippen LogP contribution in [0, 0.1) is 0 Å². The first-order valence-corrected chi connectivity index (χ1v) is 7.44. The van der Waals surface area contributed by atoms with Gasteiger partial charge in [-0.2, -0.15) is 0 Å². The van der Waals surface area contributed by atoms with Gasteiger partial charge in [0.25, 0.3) is 0 Å². The van der Waals surface area contributed by atoms with E-state index in [2.05, 4.69) is 57.3 Å². The average molecular weight is 261 g/mol. The Balaban J connectivity index is 1.93. The Labute approximate surface area is 117 Å². The molecule has 0 fully saturated rings. The van der Waals surface area contributed by atoms with Gasteiger partial charge in [0.2, 0.25) is 0 Å². The molecule has 0 aromatic heterocycles. The standard InChI is InChI=1S/C17H27NO/c1-13(12-18-17(2,3)4)19-16-11-7-9-14-8-5-6-10-15(14)16/h5-6,8,10,13,16,18H,7,9,11-12H2,1-4H3. The Hall–Kier alpha value is -0.860. The van der Waals surface area contributed by atoms with Crippen molar-refractivity contribution in [2.75, 3.05) is 6.54 Å². The summed E-state index contributed by atoms with van der Waals surface area (Å²) in [5, 5.41) is 3.51. The number of fused-ring (bicyclic) bond motifs is 1. The van der Waals surface area contributed by atoms with Crippen molar-refractivity contribution in [2.24, 2.45) is 0 Å². The second-order valence-electron chi connectivity index (χ2n) is 6.66. The lowest BCUT2D eigenvalue weighted by Gasteiger charge is -2.30. The van der Waals surface area contributed by atoms with E-state index in [1.54, 1.807) is 0 Å². The van der Waals surface area contributed by atoms with Crippen molar-refractivity contribution >= 4 is 0 Å². The smallest absolute Gasteiger partial charge is 0.0832 e. The third-order valence-corrected chi connectivity index (χ3v) is 3.63. The van der Waals surface area contributed by atoms with Gasteiger partial charge in [-0.25, -0.2) is 0 Å². The normalized spacial score (nSPS) is 20.9. The number of aryl methyl sites for hydroxylation is 1. The molecular weight excluding hydrogens is 234 g/mol. The van der Waals surface area contributed by atoms with E-state index in [4.69, 9.17) is 4.74 Å². The number of ether oxygens (including phenoxy) is 1. The van der Waals surface area contributed by atoms with Crippen LogP contribution in [-0.4, -0.2) is 18.2 Å². The van der Waals surface area contributed by atoms with E-state index in [9.17, 15) is 0 Å². The molecule has 1 aromatic carbocycles. The fourth-order valence-electron chi connectivity index (χ4n) is 2.63. The van der Waals surface area contributed by atoms with Crippen molar-refractivity contribution in [1.29, 1.82) is 0 Å². The summed E-state index contributed by atoms with van der Waals surface area (Å²) in [7, 11) is 0. The summed E-state index contributed by atoms with van der Waals surface area (Å²) in [6.45, 7) is 9.64. The Morgan fingerprint density at radius 3 is 2.79 bits per heavy atom. The molecule has 0 bridgehead atoms. The van der Waals surface area contributed by atoms with Gasteiger partial charge in [0.05, 0.1) is 12.2 Å². The molecule has 19 heavy (non-hydrogen) atoms. The van der Waals surface area contributed by atoms with Crippen LogP contribution in [0.4, 0.5) is 0 Å². The van der Waals surface area contributed by atoms with Gasteiger partial charge >= 0.3 is 0 Å². The molecule has 2 atom stereocenters. The lowest BCUT2D eigenvalue weighted by atomic mass is 9.89. The monoisotopic (exact) mass is 261 g/mol. The molecule has 0 aliphatic heterocycles. The molecule has 2 unspecified atom stereocenters. The largest absolute Gasteiger partial charge is 0.369 e. The predicted molar refractivity (Wildman–Crippen MR) is 80.4 cm³/mol. The van der Waals surface area contributed by atoms with Crippen LogP contribution in [0.25, 0.3) is 0 Å². The molecule has 2 rings (SSSR count). The first-order chi connectivity index (χ1) is 8.96. The maximum Gasteiger partial charge on any atom is 0.0832 e. The van der Waals surface area contributed by atoms with Crippen LogP contribution in [0.1, 0.15) is 57.8 Å². The lowest BCUT2D eigenvalue weighted by molar-refractivity contribution is -0.0141. The summed E-state index contributed by atoms with van der Waals surface area (Å²) in [5.74, 6) is 0. The highest BCUT2D eigenvalue weighted by molar-refractivity contribution is 5.31. The number of hydrogen-bond acceptors (Lipinski definition) is 2. The molecule has 2 nitrogen and oxygen atoms in total. The Bertz CT molecular complexity index is 408. The number of nitrogens with one attached hydrogen (secondary N) is 1. The first-order valence-electron chi connectivity index (χ1n) is 7.44. The summed E-state index contributed by atoms with van der Waals surface area (Å²) < 4.78 is 6.25. The number of rotatable bonds is 4. The third kappa shape index (κ3) is 4.32. The highest BCUT2D eigenvalue weighted by Gasteiger charge is 2.22. The lowest BCUT2D eigenvalue weighted by Crippen LogP contribution is -2.41. The maximum atomic E-state index is 6.25. The van der Waals surface area contributed by atoms with Crippen molar-refractivity contribution < 1.29 is 4.74 Å². The van der Waals surface area contributed by atoms with E-state index in [0.29, 0.717) is 0 Å². The Kier molecular flexibility index (Phi) is 4.64. The highest BCUT2D eigenvalue weighted by Crippen LogP contribution is 2.33. The Morgan fingerprint density at radius 1 is 1.32 bits per heavy atom. The van der Waals surface area contributed by atoms with Gasteiger partial charge in [0.15, 0.2) is 0 Å². The second kappa shape index (κ2) is 6.06. The second-order valence-corrected chi connectivity index (χ2v) is 6.66. The molecule has 1 aromatic rings. The van der Waals surface area contributed by atoms with E-state index >= 15 is 0 Å². The predicted octanol–water partition coefficient (Wildman–Crippen LogP) is 3.86. The molecule has 0 heterocycles. The summed E-state index contributed by atoms with van der Waals surface area (Å²) in [4.78, 5) is 0. The topological polar surface area (TPSA) is 21.3 Å². The zero-order valence-electron chi connectivity index (χ0n) is 12.7.